The Morgan fingerprint density at radius 1 is 1.44 bits per heavy atom. The van der Waals surface area contributed by atoms with Crippen LogP contribution in [0.2, 0.25) is 0 Å². The van der Waals surface area contributed by atoms with Crippen molar-refractivity contribution in [2.24, 2.45) is 0 Å². The number of carboxylic acid groups (broad SMARTS) is 1. The molecule has 0 bridgehead atoms. The van der Waals surface area contributed by atoms with E-state index in [4.69, 9.17) is 4.74 Å². The van der Waals surface area contributed by atoms with Gasteiger partial charge in [-0.1, -0.05) is 13.3 Å². The molecular formula is C17H26N2O5S. The van der Waals surface area contributed by atoms with E-state index in [-0.39, 0.29) is 22.6 Å². The van der Waals surface area contributed by atoms with E-state index in [2.05, 4.69) is 10.0 Å². The van der Waals surface area contributed by atoms with Gasteiger partial charge in [0.1, 0.15) is 4.90 Å². The monoisotopic (exact) mass is 370 g/mol. The lowest BCUT2D eigenvalue weighted by Crippen LogP contribution is -2.33. The molecule has 2 rings (SSSR count). The van der Waals surface area contributed by atoms with E-state index < -0.39 is 16.0 Å². The second-order valence-electron chi connectivity index (χ2n) is 6.34. The molecule has 140 valence electrons. The van der Waals surface area contributed by atoms with Crippen LogP contribution < -0.4 is 10.0 Å². The van der Waals surface area contributed by atoms with Crippen LogP contribution in [-0.4, -0.2) is 44.8 Å². The van der Waals surface area contributed by atoms with Gasteiger partial charge in [-0.05, 0) is 44.4 Å². The van der Waals surface area contributed by atoms with Gasteiger partial charge in [0.05, 0.1) is 17.4 Å². The van der Waals surface area contributed by atoms with Crippen molar-refractivity contribution >= 4 is 21.7 Å². The normalized spacial score (nSPS) is 18.9. The minimum Gasteiger partial charge on any atom is -0.478 e. The van der Waals surface area contributed by atoms with Gasteiger partial charge >= 0.3 is 5.97 Å². The Bertz CT molecular complexity index is 699. The van der Waals surface area contributed by atoms with Crippen LogP contribution in [-0.2, 0) is 14.8 Å². The molecule has 1 aliphatic heterocycles. The summed E-state index contributed by atoms with van der Waals surface area (Å²) in [5.41, 5.74) is 0.322. The van der Waals surface area contributed by atoms with Gasteiger partial charge in [0.2, 0.25) is 10.0 Å². The van der Waals surface area contributed by atoms with Gasteiger partial charge in [-0.3, -0.25) is 0 Å². The van der Waals surface area contributed by atoms with Crippen LogP contribution in [0.25, 0.3) is 0 Å². The number of hydrogen-bond acceptors (Lipinski definition) is 5. The maximum Gasteiger partial charge on any atom is 0.335 e. The summed E-state index contributed by atoms with van der Waals surface area (Å²) >= 11 is 0. The predicted octanol–water partition coefficient (Wildman–Crippen LogP) is 2.44. The molecule has 2 atom stereocenters. The summed E-state index contributed by atoms with van der Waals surface area (Å²) in [7, 11) is -3.83. The lowest BCUT2D eigenvalue weighted by Gasteiger charge is -2.18. The molecule has 1 aromatic carbocycles. The largest absolute Gasteiger partial charge is 0.478 e. The fourth-order valence-corrected chi connectivity index (χ4v) is 4.36. The van der Waals surface area contributed by atoms with Crippen molar-refractivity contribution in [3.63, 3.8) is 0 Å². The first-order chi connectivity index (χ1) is 11.8. The van der Waals surface area contributed by atoms with Crippen molar-refractivity contribution in [3.05, 3.63) is 23.8 Å². The van der Waals surface area contributed by atoms with E-state index in [9.17, 15) is 18.3 Å². The number of ether oxygens (including phenoxy) is 1. The number of nitrogens with one attached hydrogen (secondary N) is 2. The van der Waals surface area contributed by atoms with Gasteiger partial charge in [0.15, 0.2) is 0 Å². The van der Waals surface area contributed by atoms with Crippen molar-refractivity contribution < 1.29 is 23.1 Å². The SMILES string of the molecule is CCCC(C)NS(=O)(=O)c1cc(C(=O)O)ccc1NCC1CCCO1. The van der Waals surface area contributed by atoms with E-state index in [1.165, 1.54) is 18.2 Å². The van der Waals surface area contributed by atoms with Crippen LogP contribution in [0.15, 0.2) is 23.1 Å². The van der Waals surface area contributed by atoms with Gasteiger partial charge in [0, 0.05) is 19.2 Å². The molecule has 8 heteroatoms. The molecule has 3 N–H and O–H groups in total. The molecule has 7 nitrogen and oxygen atoms in total. The zero-order chi connectivity index (χ0) is 18.4. The van der Waals surface area contributed by atoms with E-state index in [0.29, 0.717) is 25.3 Å². The smallest absolute Gasteiger partial charge is 0.335 e. The Hall–Kier alpha value is -1.64. The van der Waals surface area contributed by atoms with Gasteiger partial charge in [-0.25, -0.2) is 17.9 Å². The molecular weight excluding hydrogens is 344 g/mol. The minimum atomic E-state index is -3.83. The number of anilines is 1. The second kappa shape index (κ2) is 8.64. The van der Waals surface area contributed by atoms with E-state index in [0.717, 1.165) is 19.3 Å². The molecule has 1 aromatic rings. The highest BCUT2D eigenvalue weighted by molar-refractivity contribution is 7.89. The number of sulfonamides is 1. The Morgan fingerprint density at radius 2 is 2.20 bits per heavy atom. The van der Waals surface area contributed by atoms with Gasteiger partial charge in [-0.15, -0.1) is 0 Å². The third-order valence-electron chi connectivity index (χ3n) is 4.14. The Morgan fingerprint density at radius 3 is 2.80 bits per heavy atom. The third kappa shape index (κ3) is 5.42. The van der Waals surface area contributed by atoms with Crippen LogP contribution in [0, 0.1) is 0 Å². The molecule has 1 fully saturated rings. The molecule has 0 amide bonds. The van der Waals surface area contributed by atoms with Crippen molar-refractivity contribution in [1.29, 1.82) is 0 Å². The molecule has 1 saturated heterocycles. The lowest BCUT2D eigenvalue weighted by molar-refractivity contribution is 0.0696. The minimum absolute atomic E-state index is 0.0432. The number of hydrogen-bond donors (Lipinski definition) is 3. The summed E-state index contributed by atoms with van der Waals surface area (Å²) in [5, 5.41) is 12.3. The summed E-state index contributed by atoms with van der Waals surface area (Å²) in [4.78, 5) is 11.2. The molecule has 0 saturated carbocycles. The topological polar surface area (TPSA) is 105 Å². The van der Waals surface area contributed by atoms with E-state index >= 15 is 0 Å². The fourth-order valence-electron chi connectivity index (χ4n) is 2.87. The maximum atomic E-state index is 12.7. The highest BCUT2D eigenvalue weighted by atomic mass is 32.2. The molecule has 2 unspecified atom stereocenters. The number of carbonyl (C=O) groups is 1. The number of carboxylic acids is 1. The van der Waals surface area contributed by atoms with Gasteiger partial charge in [0.25, 0.3) is 0 Å². The van der Waals surface area contributed by atoms with Crippen LogP contribution in [0.4, 0.5) is 5.69 Å². The molecule has 1 aliphatic rings. The first kappa shape index (κ1) is 19.7. The van der Waals surface area contributed by atoms with E-state index in [1.54, 1.807) is 6.92 Å². The first-order valence-corrected chi connectivity index (χ1v) is 10.1. The van der Waals surface area contributed by atoms with E-state index in [1.807, 2.05) is 6.92 Å². The first-order valence-electron chi connectivity index (χ1n) is 8.58. The Balaban J connectivity index is 2.27. The fraction of sp³-hybridized carbons (Fsp3) is 0.588. The highest BCUT2D eigenvalue weighted by Crippen LogP contribution is 2.24. The zero-order valence-electron chi connectivity index (χ0n) is 14.6. The standard InChI is InChI=1S/C17H26N2O5S/c1-3-5-12(2)19-25(22,23)16-10-13(17(20)21)7-8-15(16)18-11-14-6-4-9-24-14/h7-8,10,12,14,18-19H,3-6,9,11H2,1-2H3,(H,20,21). The second-order valence-corrected chi connectivity index (χ2v) is 8.03. The molecule has 0 radical (unpaired) electrons. The van der Waals surface area contributed by atoms with Crippen LogP contribution >= 0.6 is 0 Å². The van der Waals surface area contributed by atoms with Crippen molar-refractivity contribution in [2.75, 3.05) is 18.5 Å². The molecule has 1 heterocycles. The molecule has 0 aromatic heterocycles. The van der Waals surface area contributed by atoms with Gasteiger partial charge in [-0.2, -0.15) is 0 Å². The summed E-state index contributed by atoms with van der Waals surface area (Å²) in [6, 6.07) is 3.86. The average molecular weight is 370 g/mol. The van der Waals surface area contributed by atoms with Crippen LogP contribution in [0.3, 0.4) is 0 Å². The number of benzene rings is 1. The average Bonchev–Trinajstić information content (AvgIpc) is 3.05. The molecule has 0 spiro atoms. The Labute approximate surface area is 148 Å². The predicted molar refractivity (Wildman–Crippen MR) is 95.6 cm³/mol. The number of aromatic carboxylic acids is 1. The zero-order valence-corrected chi connectivity index (χ0v) is 15.4. The molecule has 0 aliphatic carbocycles. The summed E-state index contributed by atoms with van der Waals surface area (Å²) in [6.07, 6.45) is 3.51. The maximum absolute atomic E-state index is 12.7. The van der Waals surface area contributed by atoms with Crippen molar-refractivity contribution in [3.8, 4) is 0 Å². The Kier molecular flexibility index (Phi) is 6.80. The van der Waals surface area contributed by atoms with Gasteiger partial charge < -0.3 is 15.2 Å². The van der Waals surface area contributed by atoms with Crippen molar-refractivity contribution in [2.45, 2.75) is 56.6 Å². The summed E-state index contributed by atoms with van der Waals surface area (Å²) in [6.45, 7) is 4.97. The van der Waals surface area contributed by atoms with Crippen LogP contribution in [0.1, 0.15) is 49.9 Å². The van der Waals surface area contributed by atoms with Crippen LogP contribution in [0.5, 0.6) is 0 Å². The lowest BCUT2D eigenvalue weighted by atomic mass is 10.2. The number of rotatable bonds is 9. The highest BCUT2D eigenvalue weighted by Gasteiger charge is 2.23. The summed E-state index contributed by atoms with van der Waals surface area (Å²) in [5.74, 6) is -1.16. The third-order valence-corrected chi connectivity index (χ3v) is 5.77. The molecule has 25 heavy (non-hydrogen) atoms. The van der Waals surface area contributed by atoms with Crippen molar-refractivity contribution in [1.82, 2.24) is 4.72 Å². The summed E-state index contributed by atoms with van der Waals surface area (Å²) < 4.78 is 33.6. The quantitative estimate of drug-likeness (QED) is 0.617.